The van der Waals surface area contributed by atoms with E-state index in [1.54, 1.807) is 4.90 Å². The average Bonchev–Trinajstić information content (AvgIpc) is 2.44. The van der Waals surface area contributed by atoms with E-state index in [9.17, 15) is 4.79 Å². The lowest BCUT2D eigenvalue weighted by molar-refractivity contribution is 0.00993. The lowest BCUT2D eigenvalue weighted by Crippen LogP contribution is -2.38. The minimum absolute atomic E-state index is 0.235. The van der Waals surface area contributed by atoms with Crippen molar-refractivity contribution >= 4 is 16.3 Å². The largest absolute Gasteiger partial charge is 0.443 e. The molecule has 0 saturated carbocycles. The van der Waals surface area contributed by atoms with Crippen molar-refractivity contribution in [2.75, 3.05) is 6.54 Å². The van der Waals surface area contributed by atoms with Crippen LogP contribution in [0.4, 0.5) is 4.79 Å². The third kappa shape index (κ3) is 5.78. The smallest absolute Gasteiger partial charge is 0.410 e. The van der Waals surface area contributed by atoms with Gasteiger partial charge in [-0.15, -0.1) is 0 Å². The summed E-state index contributed by atoms with van der Waals surface area (Å²) in [5.41, 5.74) is 0.702. The second-order valence-electron chi connectivity index (χ2n) is 5.49. The van der Waals surface area contributed by atoms with E-state index < -0.39 is 5.60 Å². The van der Waals surface area contributed by atoms with Crippen molar-refractivity contribution in [1.29, 1.82) is 0 Å². The van der Waals surface area contributed by atoms with Crippen LogP contribution in [0.3, 0.4) is 0 Å². The molecule has 0 N–H and O–H groups in total. The second kappa shape index (κ2) is 8.10. The van der Waals surface area contributed by atoms with Crippen molar-refractivity contribution in [3.63, 3.8) is 0 Å². The van der Waals surface area contributed by atoms with Gasteiger partial charge in [0.15, 0.2) is 0 Å². The number of ether oxygens (including phenoxy) is 1. The topological polar surface area (TPSA) is 29.5 Å². The summed E-state index contributed by atoms with van der Waals surface area (Å²) in [6.45, 7) is 7.18. The first-order valence-corrected chi connectivity index (χ1v) is 7.85. The molecule has 109 valence electrons. The fraction of sp³-hybridized carbons (Fsp3) is 0.562. The molecular formula is C16H24NO2Si. The molecule has 3 radical (unpaired) electrons. The van der Waals surface area contributed by atoms with E-state index in [1.807, 2.05) is 51.1 Å². The zero-order valence-electron chi connectivity index (χ0n) is 12.7. The lowest BCUT2D eigenvalue weighted by Gasteiger charge is -2.29. The summed E-state index contributed by atoms with van der Waals surface area (Å²) >= 11 is 0. The number of rotatable bonds is 7. The maximum Gasteiger partial charge on any atom is 0.410 e. The van der Waals surface area contributed by atoms with Gasteiger partial charge in [0.2, 0.25) is 0 Å². The maximum absolute atomic E-state index is 12.3. The van der Waals surface area contributed by atoms with Crippen LogP contribution in [-0.2, 0) is 11.3 Å². The normalized spacial score (nSPS) is 11.2. The molecule has 1 aromatic carbocycles. The maximum atomic E-state index is 12.3. The van der Waals surface area contributed by atoms with Gasteiger partial charge in [-0.05, 0) is 32.3 Å². The summed E-state index contributed by atoms with van der Waals surface area (Å²) in [6.07, 6.45) is 1.47. The molecule has 3 nitrogen and oxygen atoms in total. The van der Waals surface area contributed by atoms with Crippen LogP contribution in [0.5, 0.6) is 0 Å². The number of carbonyl (C=O) groups excluding carboxylic acids is 1. The van der Waals surface area contributed by atoms with Gasteiger partial charge in [-0.25, -0.2) is 4.79 Å². The number of carbonyl (C=O) groups is 1. The third-order valence-electron chi connectivity index (χ3n) is 3.29. The minimum atomic E-state index is -0.417. The predicted octanol–water partition coefficient (Wildman–Crippen LogP) is 3.79. The van der Waals surface area contributed by atoms with Crippen LogP contribution in [0.25, 0.3) is 0 Å². The first-order valence-electron chi connectivity index (χ1n) is 7.15. The molecule has 20 heavy (non-hydrogen) atoms. The van der Waals surface area contributed by atoms with Gasteiger partial charge in [0, 0.05) is 23.3 Å². The molecule has 0 heterocycles. The van der Waals surface area contributed by atoms with Crippen molar-refractivity contribution in [3.05, 3.63) is 35.9 Å². The number of hydrogen-bond donors (Lipinski definition) is 0. The van der Waals surface area contributed by atoms with Crippen molar-refractivity contribution in [1.82, 2.24) is 4.90 Å². The van der Waals surface area contributed by atoms with Crippen LogP contribution in [0, 0.1) is 0 Å². The SMILES string of the molecule is CCC(C)(C)OC(=O)N(CCC[Si])Cc1ccccc1. The van der Waals surface area contributed by atoms with Crippen LogP contribution in [0.2, 0.25) is 6.04 Å². The number of nitrogens with zero attached hydrogens (tertiary/aromatic N) is 1. The highest BCUT2D eigenvalue weighted by molar-refractivity contribution is 6.08. The molecule has 1 rings (SSSR count). The minimum Gasteiger partial charge on any atom is -0.443 e. The highest BCUT2D eigenvalue weighted by Gasteiger charge is 2.24. The van der Waals surface area contributed by atoms with E-state index in [-0.39, 0.29) is 6.09 Å². The van der Waals surface area contributed by atoms with Gasteiger partial charge in [0.1, 0.15) is 5.60 Å². The molecule has 1 amide bonds. The highest BCUT2D eigenvalue weighted by atomic mass is 28.1. The molecule has 0 spiro atoms. The molecule has 0 atom stereocenters. The van der Waals surface area contributed by atoms with E-state index in [4.69, 9.17) is 4.74 Å². The van der Waals surface area contributed by atoms with Crippen LogP contribution in [0.1, 0.15) is 39.2 Å². The summed E-state index contributed by atoms with van der Waals surface area (Å²) < 4.78 is 5.59. The summed E-state index contributed by atoms with van der Waals surface area (Å²) in [6, 6.07) is 10.9. The average molecular weight is 290 g/mol. The van der Waals surface area contributed by atoms with Crippen LogP contribution < -0.4 is 0 Å². The van der Waals surface area contributed by atoms with Gasteiger partial charge in [-0.3, -0.25) is 0 Å². The molecule has 0 saturated heterocycles. The molecular weight excluding hydrogens is 266 g/mol. The van der Waals surface area contributed by atoms with Crippen LogP contribution >= 0.6 is 0 Å². The zero-order chi connectivity index (χ0) is 15.0. The van der Waals surface area contributed by atoms with Gasteiger partial charge >= 0.3 is 6.09 Å². The Bertz CT molecular complexity index is 406. The molecule has 0 bridgehead atoms. The second-order valence-corrected chi connectivity index (χ2v) is 5.99. The van der Waals surface area contributed by atoms with E-state index in [0.29, 0.717) is 13.1 Å². The van der Waals surface area contributed by atoms with Crippen molar-refractivity contribution < 1.29 is 9.53 Å². The third-order valence-corrected chi connectivity index (χ3v) is 3.65. The molecule has 0 aliphatic rings. The Kier molecular flexibility index (Phi) is 6.79. The lowest BCUT2D eigenvalue weighted by atomic mass is 10.1. The monoisotopic (exact) mass is 290 g/mol. The van der Waals surface area contributed by atoms with Crippen LogP contribution in [0.15, 0.2) is 30.3 Å². The summed E-state index contributed by atoms with van der Waals surface area (Å²) in [4.78, 5) is 14.1. The summed E-state index contributed by atoms with van der Waals surface area (Å²) in [5, 5.41) is 0. The van der Waals surface area contributed by atoms with Crippen LogP contribution in [-0.4, -0.2) is 33.4 Å². The standard InChI is InChI=1S/C16H24NO2Si/c1-4-16(2,3)19-15(18)17(11-8-12-20)13-14-9-6-5-7-10-14/h5-7,9-10H,4,8,11-13H2,1-3H3. The Hall–Kier alpha value is -1.29. The van der Waals surface area contributed by atoms with Crippen molar-refractivity contribution in [3.8, 4) is 0 Å². The summed E-state index contributed by atoms with van der Waals surface area (Å²) in [7, 11) is 3.46. The molecule has 1 aromatic rings. The Morgan fingerprint density at radius 3 is 2.50 bits per heavy atom. The van der Waals surface area contributed by atoms with Crippen molar-refractivity contribution in [2.24, 2.45) is 0 Å². The number of hydrogen-bond acceptors (Lipinski definition) is 2. The van der Waals surface area contributed by atoms with E-state index in [0.717, 1.165) is 24.4 Å². The quantitative estimate of drug-likeness (QED) is 0.715. The van der Waals surface area contributed by atoms with Gasteiger partial charge in [0.05, 0.1) is 0 Å². The van der Waals surface area contributed by atoms with Gasteiger partial charge in [0.25, 0.3) is 0 Å². The van der Waals surface area contributed by atoms with Crippen molar-refractivity contribution in [2.45, 2.75) is 51.8 Å². The highest BCUT2D eigenvalue weighted by Crippen LogP contribution is 2.17. The molecule has 0 aliphatic heterocycles. The fourth-order valence-corrected chi connectivity index (χ4v) is 1.84. The van der Waals surface area contributed by atoms with E-state index in [2.05, 4.69) is 10.2 Å². The molecule has 0 unspecified atom stereocenters. The zero-order valence-corrected chi connectivity index (χ0v) is 13.7. The first-order chi connectivity index (χ1) is 9.48. The Morgan fingerprint density at radius 1 is 1.30 bits per heavy atom. The first kappa shape index (κ1) is 16.8. The Balaban J connectivity index is 2.70. The number of amides is 1. The number of benzene rings is 1. The predicted molar refractivity (Wildman–Crippen MR) is 82.9 cm³/mol. The van der Waals surface area contributed by atoms with Gasteiger partial charge < -0.3 is 9.64 Å². The van der Waals surface area contributed by atoms with E-state index in [1.165, 1.54) is 0 Å². The fourth-order valence-electron chi connectivity index (χ4n) is 1.68. The molecule has 0 aromatic heterocycles. The molecule has 0 aliphatic carbocycles. The Labute approximate surface area is 125 Å². The van der Waals surface area contributed by atoms with Gasteiger partial charge in [-0.1, -0.05) is 43.3 Å². The van der Waals surface area contributed by atoms with E-state index >= 15 is 0 Å². The molecule has 0 fully saturated rings. The molecule has 4 heteroatoms. The summed E-state index contributed by atoms with van der Waals surface area (Å²) in [5.74, 6) is 0. The Morgan fingerprint density at radius 2 is 1.95 bits per heavy atom. The van der Waals surface area contributed by atoms with Gasteiger partial charge in [-0.2, -0.15) is 0 Å².